The van der Waals surface area contributed by atoms with Crippen molar-refractivity contribution >= 4 is 56.8 Å². The summed E-state index contributed by atoms with van der Waals surface area (Å²) >= 11 is 7.83. The highest BCUT2D eigenvalue weighted by Gasteiger charge is 2.19. The lowest BCUT2D eigenvalue weighted by molar-refractivity contribution is -0.148. The zero-order valence-corrected chi connectivity index (χ0v) is 17.3. The first kappa shape index (κ1) is 20.1. The quantitative estimate of drug-likeness (QED) is 0.456. The molecule has 1 atom stereocenters. The fourth-order valence-electron chi connectivity index (χ4n) is 2.60. The Morgan fingerprint density at radius 2 is 2.00 bits per heavy atom. The van der Waals surface area contributed by atoms with E-state index in [4.69, 9.17) is 16.3 Å². The predicted molar refractivity (Wildman–Crippen MR) is 113 cm³/mol. The molecule has 0 aliphatic heterocycles. The number of hydrogen-bond donors (Lipinski definition) is 1. The lowest BCUT2D eigenvalue weighted by Crippen LogP contribution is -2.30. The van der Waals surface area contributed by atoms with Crippen LogP contribution in [0.5, 0.6) is 0 Å². The van der Waals surface area contributed by atoms with E-state index >= 15 is 0 Å². The van der Waals surface area contributed by atoms with Gasteiger partial charge < -0.3 is 10.1 Å². The molecule has 0 aliphatic carbocycles. The predicted octanol–water partition coefficient (Wildman–Crippen LogP) is 4.92. The van der Waals surface area contributed by atoms with Crippen LogP contribution in [0.2, 0.25) is 5.02 Å². The van der Waals surface area contributed by atoms with E-state index in [0.29, 0.717) is 10.8 Å². The van der Waals surface area contributed by atoms with Gasteiger partial charge in [0, 0.05) is 33.1 Å². The number of benzene rings is 1. The number of nitrogens with one attached hydrogen (secondary N) is 1. The summed E-state index contributed by atoms with van der Waals surface area (Å²) in [6, 6.07) is 9.53. The summed E-state index contributed by atoms with van der Waals surface area (Å²) in [5, 5.41) is 8.40. The summed E-state index contributed by atoms with van der Waals surface area (Å²) in [5.41, 5.74) is 0. The molecular weight excluding hydrogens is 398 g/mol. The number of ether oxygens (including phenoxy) is 1. The van der Waals surface area contributed by atoms with Crippen LogP contribution in [0.15, 0.2) is 42.6 Å². The van der Waals surface area contributed by atoms with E-state index in [-0.39, 0.29) is 6.04 Å². The molecule has 8 heteroatoms. The standard InChI is InChI=1S/C20H20ClN3O3S/c1-12(2)24-17(10-11-22-24)23-20(26)13(3)27-18(25)9-8-16-19(21)14-6-4-5-7-15(14)28-16/h4-13H,1-3H3,(H,23,26)/b9-8+/t13-/m0/s1. The Hall–Kier alpha value is -2.64. The smallest absolute Gasteiger partial charge is 0.331 e. The maximum absolute atomic E-state index is 12.3. The third kappa shape index (κ3) is 4.43. The van der Waals surface area contributed by atoms with Crippen molar-refractivity contribution in [2.75, 3.05) is 5.32 Å². The van der Waals surface area contributed by atoms with Gasteiger partial charge in [0.1, 0.15) is 5.82 Å². The number of thiophene rings is 1. The number of anilines is 1. The van der Waals surface area contributed by atoms with Crippen molar-refractivity contribution in [3.63, 3.8) is 0 Å². The summed E-state index contributed by atoms with van der Waals surface area (Å²) in [5.74, 6) is -0.493. The molecule has 6 nitrogen and oxygen atoms in total. The third-order valence-corrected chi connectivity index (χ3v) is 5.66. The summed E-state index contributed by atoms with van der Waals surface area (Å²) in [6.07, 6.45) is 3.53. The molecular formula is C20H20ClN3O3S. The number of halogens is 1. The molecule has 3 aromatic rings. The highest BCUT2D eigenvalue weighted by atomic mass is 35.5. The molecule has 0 fully saturated rings. The summed E-state index contributed by atoms with van der Waals surface area (Å²) in [6.45, 7) is 5.43. The SMILES string of the molecule is CC(C)n1nccc1NC(=O)[C@H](C)OC(=O)/C=C/c1sc2ccccc2c1Cl. The van der Waals surface area contributed by atoms with Crippen LogP contribution in [0.1, 0.15) is 31.7 Å². The number of rotatable bonds is 6. The van der Waals surface area contributed by atoms with Gasteiger partial charge in [-0.2, -0.15) is 5.10 Å². The fraction of sp³-hybridized carbons (Fsp3) is 0.250. The Kier molecular flexibility index (Phi) is 6.16. The number of aromatic nitrogens is 2. The van der Waals surface area contributed by atoms with Gasteiger partial charge in [-0.15, -0.1) is 11.3 Å². The molecule has 1 N–H and O–H groups in total. The monoisotopic (exact) mass is 417 g/mol. The average Bonchev–Trinajstić information content (AvgIpc) is 3.25. The normalized spacial score (nSPS) is 12.6. The molecule has 0 saturated carbocycles. The third-order valence-electron chi connectivity index (χ3n) is 4.00. The molecule has 0 unspecified atom stereocenters. The molecule has 2 heterocycles. The van der Waals surface area contributed by atoms with E-state index in [2.05, 4.69) is 10.4 Å². The van der Waals surface area contributed by atoms with E-state index in [1.807, 2.05) is 38.1 Å². The van der Waals surface area contributed by atoms with Crippen LogP contribution in [0, 0.1) is 0 Å². The second kappa shape index (κ2) is 8.58. The van der Waals surface area contributed by atoms with Gasteiger partial charge in [0.15, 0.2) is 6.10 Å². The fourth-order valence-corrected chi connectivity index (χ4v) is 4.00. The van der Waals surface area contributed by atoms with Gasteiger partial charge in [0.05, 0.1) is 11.2 Å². The van der Waals surface area contributed by atoms with E-state index in [1.54, 1.807) is 23.0 Å². The van der Waals surface area contributed by atoms with Crippen molar-refractivity contribution < 1.29 is 14.3 Å². The minimum absolute atomic E-state index is 0.0946. The van der Waals surface area contributed by atoms with Crippen molar-refractivity contribution in [1.29, 1.82) is 0 Å². The molecule has 0 saturated heterocycles. The molecule has 146 valence electrons. The van der Waals surface area contributed by atoms with Crippen LogP contribution >= 0.6 is 22.9 Å². The van der Waals surface area contributed by atoms with Crippen molar-refractivity contribution in [1.82, 2.24) is 9.78 Å². The first-order valence-electron chi connectivity index (χ1n) is 8.77. The van der Waals surface area contributed by atoms with Crippen molar-refractivity contribution in [2.45, 2.75) is 32.9 Å². The summed E-state index contributed by atoms with van der Waals surface area (Å²) in [7, 11) is 0. The number of amides is 1. The van der Waals surface area contributed by atoms with Crippen molar-refractivity contribution in [3.05, 3.63) is 52.5 Å². The minimum atomic E-state index is -0.953. The topological polar surface area (TPSA) is 73.2 Å². The first-order chi connectivity index (χ1) is 13.4. The number of nitrogens with zero attached hydrogens (tertiary/aromatic N) is 2. The Morgan fingerprint density at radius 3 is 2.71 bits per heavy atom. The molecule has 28 heavy (non-hydrogen) atoms. The first-order valence-corrected chi connectivity index (χ1v) is 9.96. The molecule has 0 radical (unpaired) electrons. The molecule has 1 aromatic carbocycles. The van der Waals surface area contributed by atoms with Gasteiger partial charge >= 0.3 is 5.97 Å². The second-order valence-corrected chi connectivity index (χ2v) is 7.89. The van der Waals surface area contributed by atoms with Crippen LogP contribution in [0.25, 0.3) is 16.2 Å². The number of hydrogen-bond acceptors (Lipinski definition) is 5. The molecule has 0 spiro atoms. The lowest BCUT2D eigenvalue weighted by Gasteiger charge is -2.15. The zero-order chi connectivity index (χ0) is 20.3. The van der Waals surface area contributed by atoms with Crippen molar-refractivity contribution in [3.8, 4) is 0 Å². The molecule has 0 bridgehead atoms. The Morgan fingerprint density at radius 1 is 1.25 bits per heavy atom. The molecule has 3 rings (SSSR count). The van der Waals surface area contributed by atoms with Crippen LogP contribution in [0.3, 0.4) is 0 Å². The minimum Gasteiger partial charge on any atom is -0.449 e. The Balaban J connectivity index is 1.61. The van der Waals surface area contributed by atoms with Crippen molar-refractivity contribution in [2.24, 2.45) is 0 Å². The van der Waals surface area contributed by atoms with Gasteiger partial charge in [-0.3, -0.25) is 4.79 Å². The number of fused-ring (bicyclic) bond motifs is 1. The maximum Gasteiger partial charge on any atom is 0.331 e. The molecule has 2 aromatic heterocycles. The zero-order valence-electron chi connectivity index (χ0n) is 15.7. The van der Waals surface area contributed by atoms with Gasteiger partial charge in [-0.05, 0) is 32.9 Å². The van der Waals surface area contributed by atoms with E-state index in [0.717, 1.165) is 15.0 Å². The molecule has 1 amide bonds. The Bertz CT molecular complexity index is 1040. The van der Waals surface area contributed by atoms with Gasteiger partial charge in [0.25, 0.3) is 5.91 Å². The van der Waals surface area contributed by atoms with E-state index in [9.17, 15) is 9.59 Å². The molecule has 0 aliphatic rings. The van der Waals surface area contributed by atoms with E-state index < -0.39 is 18.0 Å². The number of esters is 1. The number of carbonyl (C=O) groups excluding carboxylic acids is 2. The van der Waals surface area contributed by atoms with Crippen LogP contribution in [-0.2, 0) is 14.3 Å². The summed E-state index contributed by atoms with van der Waals surface area (Å²) < 4.78 is 7.90. The summed E-state index contributed by atoms with van der Waals surface area (Å²) in [4.78, 5) is 25.1. The van der Waals surface area contributed by atoms with Gasteiger partial charge in [0.2, 0.25) is 0 Å². The van der Waals surface area contributed by atoms with Gasteiger partial charge in [-0.25, -0.2) is 9.48 Å². The second-order valence-electron chi connectivity index (χ2n) is 6.43. The van der Waals surface area contributed by atoms with Crippen LogP contribution in [-0.4, -0.2) is 27.8 Å². The lowest BCUT2D eigenvalue weighted by atomic mass is 10.2. The number of carbonyl (C=O) groups is 2. The maximum atomic E-state index is 12.3. The highest BCUT2D eigenvalue weighted by molar-refractivity contribution is 7.20. The average molecular weight is 418 g/mol. The highest BCUT2D eigenvalue weighted by Crippen LogP contribution is 2.35. The van der Waals surface area contributed by atoms with E-state index in [1.165, 1.54) is 24.3 Å². The largest absolute Gasteiger partial charge is 0.449 e. The van der Waals surface area contributed by atoms with Crippen LogP contribution < -0.4 is 5.32 Å². The Labute approximate surface area is 171 Å². The van der Waals surface area contributed by atoms with Gasteiger partial charge in [-0.1, -0.05) is 29.8 Å². The van der Waals surface area contributed by atoms with Crippen LogP contribution in [0.4, 0.5) is 5.82 Å².